The molecule has 0 aromatic heterocycles. The van der Waals surface area contributed by atoms with Crippen molar-refractivity contribution in [2.75, 3.05) is 32.9 Å². The lowest BCUT2D eigenvalue weighted by molar-refractivity contribution is 0.0476. The molecule has 0 amide bonds. The molecule has 31 heavy (non-hydrogen) atoms. The summed E-state index contributed by atoms with van der Waals surface area (Å²) < 4.78 is 5.94. The lowest BCUT2D eigenvalue weighted by Crippen LogP contribution is -2.34. The third kappa shape index (κ3) is 5.74. The molecule has 0 saturated heterocycles. The predicted octanol–water partition coefficient (Wildman–Crippen LogP) is 5.30. The van der Waals surface area contributed by atoms with Gasteiger partial charge in [-0.2, -0.15) is 0 Å². The van der Waals surface area contributed by atoms with Gasteiger partial charge in [-0.1, -0.05) is 79.7 Å². The van der Waals surface area contributed by atoms with Crippen LogP contribution in [-0.2, 0) is 5.60 Å². The van der Waals surface area contributed by atoms with Crippen LogP contribution >= 0.6 is 9.24 Å². The third-order valence-corrected chi connectivity index (χ3v) is 6.13. The summed E-state index contributed by atoms with van der Waals surface area (Å²) in [7, 11) is 4.85. The highest BCUT2D eigenvalue weighted by Crippen LogP contribution is 2.44. The number of nitrogens with zero attached hydrogens (tertiary/aromatic N) is 1. The summed E-state index contributed by atoms with van der Waals surface area (Å²) >= 11 is 0. The van der Waals surface area contributed by atoms with Gasteiger partial charge in [0.05, 0.1) is 0 Å². The van der Waals surface area contributed by atoms with Crippen molar-refractivity contribution >= 4 is 9.24 Å². The second-order valence-electron chi connectivity index (χ2n) is 7.97. The molecular formula is C27H34NO2P. The summed E-state index contributed by atoms with van der Waals surface area (Å²) in [6.45, 7) is 4.70. The molecule has 0 aliphatic carbocycles. The van der Waals surface area contributed by atoms with E-state index < -0.39 is 5.60 Å². The maximum atomic E-state index is 12.2. The molecule has 4 heteroatoms. The van der Waals surface area contributed by atoms with Crippen LogP contribution in [0.2, 0.25) is 0 Å². The Morgan fingerprint density at radius 1 is 0.871 bits per heavy atom. The number of likely N-dealkylation sites (N-methyl/N-ethyl adjacent to an activating group) is 1. The quantitative estimate of drug-likeness (QED) is 0.415. The average Bonchev–Trinajstić information content (AvgIpc) is 2.81. The molecule has 3 rings (SSSR count). The molecule has 3 aromatic rings. The highest BCUT2D eigenvalue weighted by atomic mass is 31.0. The Bertz CT molecular complexity index is 902. The minimum Gasteiger partial charge on any atom is -0.492 e. The van der Waals surface area contributed by atoms with Gasteiger partial charge in [-0.25, -0.2) is 0 Å². The van der Waals surface area contributed by atoms with Crippen LogP contribution in [0.1, 0.15) is 36.0 Å². The monoisotopic (exact) mass is 435 g/mol. The maximum absolute atomic E-state index is 12.2. The minimum absolute atomic E-state index is 0.0663. The Hall–Kier alpha value is -2.19. The predicted molar refractivity (Wildman–Crippen MR) is 133 cm³/mol. The molecule has 3 unspecified atom stereocenters. The molecule has 0 aliphatic rings. The summed E-state index contributed by atoms with van der Waals surface area (Å²) in [4.78, 5) is 2.25. The van der Waals surface area contributed by atoms with Gasteiger partial charge in [-0.05, 0) is 48.5 Å². The first-order chi connectivity index (χ1) is 15.1. The fraction of sp³-hybridized carbons (Fsp3) is 0.333. The Balaban J connectivity index is 1.88. The Labute approximate surface area is 189 Å². The van der Waals surface area contributed by atoms with Crippen molar-refractivity contribution in [2.24, 2.45) is 0 Å². The highest BCUT2D eigenvalue weighted by Gasteiger charge is 2.40. The lowest BCUT2D eigenvalue weighted by Gasteiger charge is -2.37. The lowest BCUT2D eigenvalue weighted by atomic mass is 9.72. The van der Waals surface area contributed by atoms with Gasteiger partial charge in [0.15, 0.2) is 0 Å². The van der Waals surface area contributed by atoms with Gasteiger partial charge in [0.25, 0.3) is 0 Å². The van der Waals surface area contributed by atoms with Crippen LogP contribution in [0.5, 0.6) is 5.75 Å². The number of rotatable bonds is 11. The van der Waals surface area contributed by atoms with Gasteiger partial charge >= 0.3 is 0 Å². The molecule has 164 valence electrons. The minimum atomic E-state index is -1.13. The number of aliphatic hydroxyl groups is 1. The molecule has 3 atom stereocenters. The summed E-state index contributed by atoms with van der Waals surface area (Å²) in [5, 5.41) is 12.2. The van der Waals surface area contributed by atoms with Gasteiger partial charge in [-0.15, -0.1) is 9.24 Å². The van der Waals surface area contributed by atoms with E-state index in [0.717, 1.165) is 48.1 Å². The summed E-state index contributed by atoms with van der Waals surface area (Å²) in [5.74, 6) is 0.759. The van der Waals surface area contributed by atoms with E-state index in [0.29, 0.717) is 6.61 Å². The van der Waals surface area contributed by atoms with Gasteiger partial charge in [0.1, 0.15) is 18.0 Å². The van der Waals surface area contributed by atoms with Gasteiger partial charge < -0.3 is 14.7 Å². The number of benzene rings is 3. The van der Waals surface area contributed by atoms with Crippen LogP contribution in [0.25, 0.3) is 0 Å². The highest BCUT2D eigenvalue weighted by molar-refractivity contribution is 7.16. The van der Waals surface area contributed by atoms with Crippen molar-refractivity contribution in [1.29, 1.82) is 0 Å². The zero-order chi connectivity index (χ0) is 22.1. The number of ether oxygens (including phenoxy) is 1. The smallest absolute Gasteiger partial charge is 0.121 e. The van der Waals surface area contributed by atoms with Gasteiger partial charge in [0.2, 0.25) is 0 Å². The summed E-state index contributed by atoms with van der Waals surface area (Å²) in [6, 6.07) is 28.2. The Morgan fingerprint density at radius 2 is 1.45 bits per heavy atom. The Kier molecular flexibility index (Phi) is 8.66. The van der Waals surface area contributed by atoms with Crippen LogP contribution in [0.4, 0.5) is 0 Å². The maximum Gasteiger partial charge on any atom is 0.121 e. The molecule has 0 fully saturated rings. The number of hydrogen-bond donors (Lipinski definition) is 1. The molecule has 0 aliphatic heterocycles. The van der Waals surface area contributed by atoms with Crippen LogP contribution in [0.15, 0.2) is 84.9 Å². The van der Waals surface area contributed by atoms with E-state index in [2.05, 4.69) is 40.2 Å². The Morgan fingerprint density at radius 3 is 2.03 bits per heavy atom. The zero-order valence-electron chi connectivity index (χ0n) is 18.6. The van der Waals surface area contributed by atoms with E-state index in [1.807, 2.05) is 72.8 Å². The second-order valence-corrected chi connectivity index (χ2v) is 8.55. The average molecular weight is 436 g/mol. The van der Waals surface area contributed by atoms with Crippen molar-refractivity contribution in [3.05, 3.63) is 102 Å². The van der Waals surface area contributed by atoms with Crippen molar-refractivity contribution in [2.45, 2.75) is 24.9 Å². The van der Waals surface area contributed by atoms with Crippen molar-refractivity contribution in [1.82, 2.24) is 4.90 Å². The molecule has 0 heterocycles. The van der Waals surface area contributed by atoms with E-state index in [1.54, 1.807) is 0 Å². The fourth-order valence-electron chi connectivity index (χ4n) is 4.18. The third-order valence-electron chi connectivity index (χ3n) is 5.88. The van der Waals surface area contributed by atoms with E-state index in [-0.39, 0.29) is 5.92 Å². The van der Waals surface area contributed by atoms with Crippen LogP contribution < -0.4 is 4.74 Å². The molecule has 0 saturated carbocycles. The topological polar surface area (TPSA) is 32.7 Å². The first-order valence-corrected chi connectivity index (χ1v) is 11.9. The van der Waals surface area contributed by atoms with E-state index in [9.17, 15) is 5.11 Å². The first kappa shape index (κ1) is 23.5. The standard InChI is InChI=1S/C27H34NO2P/c1-3-26(22-10-6-4-7-11-22)27(29,23-12-8-5-9-13-23)24-14-16-25(17-15-24)30-20-18-28(2)19-21-31/h4-17,26,29H,3,18-21,31H2,1-2H3. The SMILES string of the molecule is CCC(c1ccccc1)C(O)(c1ccccc1)c1ccc(OCCN(C)CCP)cc1. The fourth-order valence-corrected chi connectivity index (χ4v) is 4.62. The van der Waals surface area contributed by atoms with E-state index in [1.165, 1.54) is 0 Å². The van der Waals surface area contributed by atoms with Crippen molar-refractivity contribution in [3.8, 4) is 5.75 Å². The van der Waals surface area contributed by atoms with E-state index >= 15 is 0 Å². The first-order valence-electron chi connectivity index (χ1n) is 11.0. The van der Waals surface area contributed by atoms with Crippen molar-refractivity contribution in [3.63, 3.8) is 0 Å². The normalized spacial score (nSPS) is 14.2. The molecule has 1 N–H and O–H groups in total. The molecule has 0 radical (unpaired) electrons. The number of hydrogen-bond acceptors (Lipinski definition) is 3. The zero-order valence-corrected chi connectivity index (χ0v) is 19.7. The van der Waals surface area contributed by atoms with Gasteiger partial charge in [0, 0.05) is 19.0 Å². The molecule has 0 spiro atoms. The van der Waals surface area contributed by atoms with E-state index in [4.69, 9.17) is 4.74 Å². The molecule has 3 aromatic carbocycles. The summed E-state index contributed by atoms with van der Waals surface area (Å²) in [5.41, 5.74) is 1.78. The van der Waals surface area contributed by atoms with Crippen molar-refractivity contribution < 1.29 is 9.84 Å². The summed E-state index contributed by atoms with van der Waals surface area (Å²) in [6.07, 6.45) is 1.87. The molecular weight excluding hydrogens is 401 g/mol. The van der Waals surface area contributed by atoms with Crippen LogP contribution in [-0.4, -0.2) is 42.9 Å². The second kappa shape index (κ2) is 11.4. The molecule has 3 nitrogen and oxygen atoms in total. The van der Waals surface area contributed by atoms with Gasteiger partial charge in [-0.3, -0.25) is 0 Å². The van der Waals surface area contributed by atoms with Crippen LogP contribution in [0.3, 0.4) is 0 Å². The largest absolute Gasteiger partial charge is 0.492 e. The van der Waals surface area contributed by atoms with Crippen LogP contribution in [0, 0.1) is 0 Å². The molecule has 0 bridgehead atoms.